The van der Waals surface area contributed by atoms with E-state index >= 15 is 0 Å². The number of nitrogens with one attached hydrogen (secondary N) is 1. The quantitative estimate of drug-likeness (QED) is 0.0672. The minimum atomic E-state index is -3.03. The summed E-state index contributed by atoms with van der Waals surface area (Å²) in [5, 5.41) is 50.5. The van der Waals surface area contributed by atoms with Crippen molar-refractivity contribution in [1.82, 2.24) is 19.5 Å². The number of rotatable bonds is 17. The van der Waals surface area contributed by atoms with E-state index in [0.29, 0.717) is 59.8 Å². The van der Waals surface area contributed by atoms with E-state index in [1.54, 1.807) is 78.9 Å². The molecule has 3 heterocycles. The number of carboxylic acid groups (broad SMARTS) is 1. The fraction of sp³-hybridized carbons (Fsp3) is 0.366. The number of ether oxygens (including phenoxy) is 3. The number of hydrogen-bond acceptors (Lipinski definition) is 13. The van der Waals surface area contributed by atoms with Crippen LogP contribution < -0.4 is 14.8 Å². The van der Waals surface area contributed by atoms with Crippen molar-refractivity contribution in [2.24, 2.45) is 0 Å². The van der Waals surface area contributed by atoms with Gasteiger partial charge in [0.2, 0.25) is 5.60 Å². The summed E-state index contributed by atoms with van der Waals surface area (Å²) in [5.41, 5.74) is -5.74. The number of benzene rings is 3. The number of nitrogens with zero attached hydrogens (tertiary/aromatic N) is 4. The molecule has 0 bridgehead atoms. The SMILES string of the molecule is COc1ccc(C(c2ccccc2)(c2ccc(OC)cc2)C(O)[C@H]2O[C@@H](n3cnc4c(NCCCCCC(=O)O)ncnc43)[C@@](O)(C(C)=O)[C@@]2(O)C(C)=O)cc1. The van der Waals surface area contributed by atoms with Crippen LogP contribution in [0, 0.1) is 0 Å². The summed E-state index contributed by atoms with van der Waals surface area (Å²) in [6, 6.07) is 22.8. The van der Waals surface area contributed by atoms with Crippen LogP contribution in [-0.4, -0.2) is 102 Å². The second kappa shape index (κ2) is 16.2. The van der Waals surface area contributed by atoms with E-state index in [2.05, 4.69) is 20.3 Å². The minimum absolute atomic E-state index is 0.0670. The minimum Gasteiger partial charge on any atom is -0.497 e. The van der Waals surface area contributed by atoms with Gasteiger partial charge in [0.15, 0.2) is 40.4 Å². The highest BCUT2D eigenvalue weighted by Crippen LogP contribution is 2.54. The van der Waals surface area contributed by atoms with Gasteiger partial charge in [0, 0.05) is 13.0 Å². The Morgan fingerprint density at radius 3 is 1.93 bits per heavy atom. The van der Waals surface area contributed by atoms with Gasteiger partial charge in [0.05, 0.1) is 26.0 Å². The van der Waals surface area contributed by atoms with Crippen LogP contribution in [0.5, 0.6) is 11.5 Å². The maximum Gasteiger partial charge on any atom is 0.303 e. The fourth-order valence-corrected chi connectivity index (χ4v) is 7.81. The highest BCUT2D eigenvalue weighted by molar-refractivity contribution is 5.99. The second-order valence-corrected chi connectivity index (χ2v) is 13.8. The lowest BCUT2D eigenvalue weighted by molar-refractivity contribution is -0.184. The van der Waals surface area contributed by atoms with Gasteiger partial charge in [0.25, 0.3) is 0 Å². The van der Waals surface area contributed by atoms with E-state index in [0.717, 1.165) is 13.8 Å². The van der Waals surface area contributed by atoms with Crippen molar-refractivity contribution in [3.05, 3.63) is 108 Å². The van der Waals surface area contributed by atoms with Gasteiger partial charge >= 0.3 is 5.97 Å². The summed E-state index contributed by atoms with van der Waals surface area (Å²) in [7, 11) is 3.05. The fourth-order valence-electron chi connectivity index (χ4n) is 7.81. The molecule has 0 aliphatic carbocycles. The first-order valence-electron chi connectivity index (χ1n) is 18.1. The van der Waals surface area contributed by atoms with Gasteiger partial charge in [-0.25, -0.2) is 15.0 Å². The number of fused-ring (bicyclic) bond motifs is 1. The molecule has 1 aliphatic heterocycles. The molecular weight excluding hydrogens is 722 g/mol. The number of ketones is 2. The highest BCUT2D eigenvalue weighted by atomic mass is 16.6. The Labute approximate surface area is 322 Å². The molecule has 1 unspecified atom stereocenters. The predicted molar refractivity (Wildman–Crippen MR) is 203 cm³/mol. The van der Waals surface area contributed by atoms with Gasteiger partial charge in [-0.1, -0.05) is 61.0 Å². The normalized spacial score (nSPS) is 21.4. The third-order valence-corrected chi connectivity index (χ3v) is 10.7. The van der Waals surface area contributed by atoms with Crippen LogP contribution in [-0.2, 0) is 24.5 Å². The number of aromatic nitrogens is 4. The molecule has 15 nitrogen and oxygen atoms in total. The first kappa shape index (κ1) is 39.9. The number of aliphatic carboxylic acids is 1. The standard InChI is InChI=1S/C41H45N5O10/c1-25(47)40(52)35(34(51)39(27-11-7-5-8-12-27,28-14-18-30(54-3)19-15-28)29-16-20-31(55-4)21-17-29)56-38(41(40,53)26(2)48)46-24-45-33-36(43-23-44-37(33)46)42-22-10-6-9-13-32(49)50/h5,7-8,11-12,14-21,23-24,34-35,38,51-53H,6,9-10,13,22H2,1-4H3,(H,49,50)(H,42,43,44)/t34?,35-,38-,40-,41+/m1/s1. The smallest absolute Gasteiger partial charge is 0.303 e. The third kappa shape index (κ3) is 6.66. The molecule has 5 aromatic rings. The van der Waals surface area contributed by atoms with Crippen molar-refractivity contribution in [2.45, 2.75) is 74.6 Å². The Bertz CT molecular complexity index is 2130. The maximum absolute atomic E-state index is 13.9. The van der Waals surface area contributed by atoms with E-state index in [1.807, 2.05) is 0 Å². The molecule has 56 heavy (non-hydrogen) atoms. The zero-order valence-corrected chi connectivity index (χ0v) is 31.5. The number of carboxylic acids is 1. The summed E-state index contributed by atoms with van der Waals surface area (Å²) in [6.45, 7) is 2.49. The van der Waals surface area contributed by atoms with Crippen molar-refractivity contribution in [2.75, 3.05) is 26.1 Å². The molecule has 0 amide bonds. The van der Waals surface area contributed by atoms with E-state index in [9.17, 15) is 29.7 Å². The highest BCUT2D eigenvalue weighted by Gasteiger charge is 2.75. The molecule has 1 fully saturated rings. The second-order valence-electron chi connectivity index (χ2n) is 13.8. The molecule has 5 N–H and O–H groups in total. The molecular formula is C41H45N5O10. The molecule has 1 saturated heterocycles. The number of Topliss-reactive ketones (excluding diaryl/α,β-unsaturated/α-hetero) is 2. The first-order chi connectivity index (χ1) is 26.8. The molecule has 6 rings (SSSR count). The number of unbranched alkanes of at least 4 members (excludes halogenated alkanes) is 2. The van der Waals surface area contributed by atoms with E-state index in [1.165, 1.54) is 31.4 Å². The van der Waals surface area contributed by atoms with Gasteiger partial charge in [-0.3, -0.25) is 19.0 Å². The van der Waals surface area contributed by atoms with E-state index in [4.69, 9.17) is 19.3 Å². The maximum atomic E-state index is 13.9. The summed E-state index contributed by atoms with van der Waals surface area (Å²) in [5.74, 6) is -1.52. The molecule has 15 heteroatoms. The van der Waals surface area contributed by atoms with E-state index < -0.39 is 52.6 Å². The van der Waals surface area contributed by atoms with Crippen LogP contribution in [0.15, 0.2) is 91.5 Å². The molecule has 294 valence electrons. The zero-order chi connectivity index (χ0) is 40.3. The van der Waals surface area contributed by atoms with Gasteiger partial charge < -0.3 is 40.0 Å². The van der Waals surface area contributed by atoms with E-state index in [-0.39, 0.29) is 17.6 Å². The monoisotopic (exact) mass is 767 g/mol. The first-order valence-corrected chi connectivity index (χ1v) is 18.1. The molecule has 0 radical (unpaired) electrons. The van der Waals surface area contributed by atoms with Crippen LogP contribution in [0.25, 0.3) is 11.2 Å². The number of imidazole rings is 1. The Hall–Kier alpha value is -5.74. The molecule has 2 aromatic heterocycles. The topological polar surface area (TPSA) is 215 Å². The molecule has 3 aromatic carbocycles. The van der Waals surface area contributed by atoms with Crippen LogP contribution in [0.2, 0.25) is 0 Å². The van der Waals surface area contributed by atoms with Crippen molar-refractivity contribution in [3.8, 4) is 11.5 Å². The van der Waals surface area contributed by atoms with Crippen molar-refractivity contribution >= 4 is 34.5 Å². The Morgan fingerprint density at radius 2 is 1.39 bits per heavy atom. The average Bonchev–Trinajstić information content (AvgIpc) is 3.74. The molecule has 1 aliphatic rings. The van der Waals surface area contributed by atoms with Crippen LogP contribution in [0.4, 0.5) is 5.82 Å². The van der Waals surface area contributed by atoms with Crippen LogP contribution in [0.3, 0.4) is 0 Å². The van der Waals surface area contributed by atoms with Crippen LogP contribution in [0.1, 0.15) is 62.4 Å². The summed E-state index contributed by atoms with van der Waals surface area (Å²) >= 11 is 0. The lowest BCUT2D eigenvalue weighted by Gasteiger charge is -2.45. The van der Waals surface area contributed by atoms with Crippen molar-refractivity contribution < 1.29 is 49.0 Å². The van der Waals surface area contributed by atoms with Crippen LogP contribution >= 0.6 is 0 Å². The van der Waals surface area contributed by atoms with Gasteiger partial charge in [-0.05, 0) is 67.6 Å². The number of carbonyl (C=O) groups is 3. The molecule has 0 saturated carbocycles. The Kier molecular flexibility index (Phi) is 11.5. The number of carbonyl (C=O) groups excluding carboxylic acids is 2. The zero-order valence-electron chi connectivity index (χ0n) is 31.5. The average molecular weight is 768 g/mol. The number of hydrogen-bond donors (Lipinski definition) is 5. The summed E-state index contributed by atoms with van der Waals surface area (Å²) in [6.07, 6.45) is -1.27. The van der Waals surface area contributed by atoms with Gasteiger partial charge in [-0.15, -0.1) is 0 Å². The largest absolute Gasteiger partial charge is 0.497 e. The van der Waals surface area contributed by atoms with Crippen molar-refractivity contribution in [1.29, 1.82) is 0 Å². The number of aliphatic hydroxyl groups excluding tert-OH is 1. The Balaban J connectivity index is 1.51. The number of methoxy groups -OCH3 is 2. The lowest BCUT2D eigenvalue weighted by Crippen LogP contribution is -2.69. The third-order valence-electron chi connectivity index (χ3n) is 10.7. The number of anilines is 1. The number of aliphatic hydroxyl groups is 3. The van der Waals surface area contributed by atoms with Gasteiger partial charge in [-0.2, -0.15) is 0 Å². The molecule has 0 spiro atoms. The predicted octanol–water partition coefficient (Wildman–Crippen LogP) is 3.83. The Morgan fingerprint density at radius 1 is 0.821 bits per heavy atom. The molecule has 5 atom stereocenters. The van der Waals surface area contributed by atoms with Crippen molar-refractivity contribution in [3.63, 3.8) is 0 Å². The summed E-state index contributed by atoms with van der Waals surface area (Å²) in [4.78, 5) is 51.6. The van der Waals surface area contributed by atoms with Gasteiger partial charge in [0.1, 0.15) is 30.0 Å². The lowest BCUT2D eigenvalue weighted by atomic mass is 9.61. The summed E-state index contributed by atoms with van der Waals surface area (Å²) < 4.78 is 18.7.